The van der Waals surface area contributed by atoms with Gasteiger partial charge in [-0.2, -0.15) is 0 Å². The van der Waals surface area contributed by atoms with Crippen molar-refractivity contribution in [2.75, 3.05) is 18.5 Å². The number of rotatable bonds is 2. The zero-order valence-corrected chi connectivity index (χ0v) is 9.60. The topological polar surface area (TPSA) is 50.4 Å². The lowest BCUT2D eigenvalue weighted by Crippen LogP contribution is -2.38. The van der Waals surface area contributed by atoms with Crippen LogP contribution in [0.15, 0.2) is 6.07 Å². The maximum atomic E-state index is 13.3. The van der Waals surface area contributed by atoms with Crippen LogP contribution in [0.1, 0.15) is 6.42 Å². The van der Waals surface area contributed by atoms with E-state index in [0.29, 0.717) is 13.0 Å². The Kier molecular flexibility index (Phi) is 3.89. The molecule has 8 heteroatoms. The normalized spacial score (nSPS) is 18.4. The molecule has 0 saturated carbocycles. The van der Waals surface area contributed by atoms with Crippen LogP contribution in [-0.2, 0) is 4.74 Å². The molecule has 2 N–H and O–H groups in total. The molecule has 1 aromatic carbocycles. The van der Waals surface area contributed by atoms with Crippen LogP contribution >= 0.6 is 0 Å². The molecule has 19 heavy (non-hydrogen) atoms. The van der Waals surface area contributed by atoms with E-state index in [0.717, 1.165) is 0 Å². The minimum atomic E-state index is -1.66. The Labute approximate surface area is 105 Å². The van der Waals surface area contributed by atoms with Crippen molar-refractivity contribution in [2.45, 2.75) is 12.5 Å². The third-order valence-electron chi connectivity index (χ3n) is 2.62. The number of carbonyl (C=O) groups is 1. The van der Waals surface area contributed by atoms with Crippen LogP contribution in [0.2, 0.25) is 0 Å². The molecule has 0 aliphatic carbocycles. The summed E-state index contributed by atoms with van der Waals surface area (Å²) in [6.07, 6.45) is 0.551. The molecule has 104 valence electrons. The SMILES string of the molecule is O=C(Nc1c(F)c(F)cc(F)c1F)NC1CCOC1. The smallest absolute Gasteiger partial charge is 0.319 e. The first kappa shape index (κ1) is 13.6. The number of nitrogens with one attached hydrogen (secondary N) is 2. The Hall–Kier alpha value is -1.83. The van der Waals surface area contributed by atoms with E-state index in [9.17, 15) is 22.4 Å². The Morgan fingerprint density at radius 3 is 2.37 bits per heavy atom. The Morgan fingerprint density at radius 1 is 1.21 bits per heavy atom. The molecule has 1 fully saturated rings. The maximum Gasteiger partial charge on any atom is 0.319 e. The largest absolute Gasteiger partial charge is 0.379 e. The lowest BCUT2D eigenvalue weighted by molar-refractivity contribution is 0.189. The molecule has 1 aromatic rings. The Balaban J connectivity index is 2.11. The molecule has 2 amide bonds. The van der Waals surface area contributed by atoms with Crippen molar-refractivity contribution in [3.8, 4) is 0 Å². The lowest BCUT2D eigenvalue weighted by atomic mass is 10.2. The second kappa shape index (κ2) is 5.43. The van der Waals surface area contributed by atoms with Gasteiger partial charge in [0.25, 0.3) is 0 Å². The average molecular weight is 278 g/mol. The van der Waals surface area contributed by atoms with Gasteiger partial charge in [-0.15, -0.1) is 0 Å². The van der Waals surface area contributed by atoms with Crippen LogP contribution < -0.4 is 10.6 Å². The number of urea groups is 1. The summed E-state index contributed by atoms with van der Waals surface area (Å²) >= 11 is 0. The second-order valence-electron chi connectivity index (χ2n) is 4.00. The van der Waals surface area contributed by atoms with Gasteiger partial charge in [-0.3, -0.25) is 0 Å². The zero-order chi connectivity index (χ0) is 14.0. The van der Waals surface area contributed by atoms with Gasteiger partial charge in [-0.25, -0.2) is 22.4 Å². The molecule has 0 bridgehead atoms. The van der Waals surface area contributed by atoms with Gasteiger partial charge in [0.2, 0.25) is 0 Å². The van der Waals surface area contributed by atoms with E-state index in [1.807, 2.05) is 0 Å². The highest BCUT2D eigenvalue weighted by Gasteiger charge is 2.23. The number of carbonyl (C=O) groups excluding carboxylic acids is 1. The Bertz CT molecular complexity index is 478. The summed E-state index contributed by atoms with van der Waals surface area (Å²) in [5.41, 5.74) is -1.16. The van der Waals surface area contributed by atoms with E-state index in [2.05, 4.69) is 5.32 Å². The van der Waals surface area contributed by atoms with Crippen LogP contribution in [0.5, 0.6) is 0 Å². The van der Waals surface area contributed by atoms with Crippen LogP contribution in [0, 0.1) is 23.3 Å². The first-order valence-electron chi connectivity index (χ1n) is 5.47. The summed E-state index contributed by atoms with van der Waals surface area (Å²) in [6.45, 7) is 0.734. The number of anilines is 1. The second-order valence-corrected chi connectivity index (χ2v) is 4.00. The summed E-state index contributed by atoms with van der Waals surface area (Å²) in [5.74, 6) is -6.48. The third kappa shape index (κ3) is 2.95. The average Bonchev–Trinajstić information content (AvgIpc) is 2.85. The highest BCUT2D eigenvalue weighted by molar-refractivity contribution is 5.89. The highest BCUT2D eigenvalue weighted by atomic mass is 19.2. The molecule has 0 radical (unpaired) electrons. The van der Waals surface area contributed by atoms with Crippen molar-refractivity contribution in [2.24, 2.45) is 0 Å². The molecule has 1 saturated heterocycles. The van der Waals surface area contributed by atoms with E-state index >= 15 is 0 Å². The van der Waals surface area contributed by atoms with Crippen molar-refractivity contribution < 1.29 is 27.1 Å². The van der Waals surface area contributed by atoms with Gasteiger partial charge >= 0.3 is 6.03 Å². The Morgan fingerprint density at radius 2 is 1.84 bits per heavy atom. The number of amides is 2. The molecule has 1 heterocycles. The molecular weight excluding hydrogens is 268 g/mol. The van der Waals surface area contributed by atoms with Crippen molar-refractivity contribution in [1.82, 2.24) is 5.32 Å². The van der Waals surface area contributed by atoms with Gasteiger partial charge in [0, 0.05) is 12.7 Å². The van der Waals surface area contributed by atoms with E-state index in [1.54, 1.807) is 5.32 Å². The number of ether oxygens (including phenoxy) is 1. The van der Waals surface area contributed by atoms with Crippen molar-refractivity contribution in [3.63, 3.8) is 0 Å². The van der Waals surface area contributed by atoms with Gasteiger partial charge in [0.05, 0.1) is 12.6 Å². The van der Waals surface area contributed by atoms with Gasteiger partial charge in [-0.05, 0) is 6.42 Å². The summed E-state index contributed by atoms with van der Waals surface area (Å²) in [7, 11) is 0. The number of halogens is 4. The minimum absolute atomic E-state index is 0.0680. The zero-order valence-electron chi connectivity index (χ0n) is 9.60. The fourth-order valence-electron chi connectivity index (χ4n) is 1.67. The first-order valence-corrected chi connectivity index (χ1v) is 5.47. The van der Waals surface area contributed by atoms with E-state index in [-0.39, 0.29) is 18.7 Å². The predicted octanol–water partition coefficient (Wildman–Crippen LogP) is 2.15. The quantitative estimate of drug-likeness (QED) is 0.643. The molecule has 2 rings (SSSR count). The van der Waals surface area contributed by atoms with Crippen LogP contribution in [0.25, 0.3) is 0 Å². The summed E-state index contributed by atoms with van der Waals surface area (Å²) in [6, 6.07) is -1.19. The summed E-state index contributed by atoms with van der Waals surface area (Å²) < 4.78 is 57.3. The predicted molar refractivity (Wildman–Crippen MR) is 57.7 cm³/mol. The highest BCUT2D eigenvalue weighted by Crippen LogP contribution is 2.24. The fourth-order valence-corrected chi connectivity index (χ4v) is 1.67. The van der Waals surface area contributed by atoms with Crippen LogP contribution in [-0.4, -0.2) is 25.3 Å². The standard InChI is InChI=1S/C11H10F4N2O2/c12-6-3-7(13)9(15)10(8(6)14)17-11(18)16-5-1-2-19-4-5/h3,5H,1-2,4H2,(H2,16,17,18). The molecular formula is C11H10F4N2O2. The molecule has 4 nitrogen and oxygen atoms in total. The number of hydrogen-bond acceptors (Lipinski definition) is 2. The fraction of sp³-hybridized carbons (Fsp3) is 0.364. The molecule has 1 aliphatic heterocycles. The van der Waals surface area contributed by atoms with Gasteiger partial charge in [-0.1, -0.05) is 0 Å². The molecule has 0 spiro atoms. The molecule has 1 unspecified atom stereocenters. The van der Waals surface area contributed by atoms with Crippen LogP contribution in [0.3, 0.4) is 0 Å². The molecule has 0 aromatic heterocycles. The number of hydrogen-bond donors (Lipinski definition) is 2. The number of benzene rings is 1. The molecule has 1 atom stereocenters. The van der Waals surface area contributed by atoms with Crippen molar-refractivity contribution >= 4 is 11.7 Å². The van der Waals surface area contributed by atoms with Gasteiger partial charge in [0.15, 0.2) is 23.3 Å². The minimum Gasteiger partial charge on any atom is -0.379 e. The summed E-state index contributed by atoms with van der Waals surface area (Å²) in [5, 5.41) is 4.12. The van der Waals surface area contributed by atoms with Gasteiger partial charge in [0.1, 0.15) is 5.69 Å². The van der Waals surface area contributed by atoms with E-state index < -0.39 is 35.0 Å². The summed E-state index contributed by atoms with van der Waals surface area (Å²) in [4.78, 5) is 11.4. The van der Waals surface area contributed by atoms with E-state index in [1.165, 1.54) is 0 Å². The monoisotopic (exact) mass is 278 g/mol. The molecule has 1 aliphatic rings. The van der Waals surface area contributed by atoms with Crippen molar-refractivity contribution in [1.29, 1.82) is 0 Å². The maximum absolute atomic E-state index is 13.3. The van der Waals surface area contributed by atoms with E-state index in [4.69, 9.17) is 4.74 Å². The lowest BCUT2D eigenvalue weighted by Gasteiger charge is -2.13. The first-order chi connectivity index (χ1) is 8.99. The third-order valence-corrected chi connectivity index (χ3v) is 2.62. The van der Waals surface area contributed by atoms with Gasteiger partial charge < -0.3 is 15.4 Å². The van der Waals surface area contributed by atoms with Crippen LogP contribution in [0.4, 0.5) is 28.0 Å². The van der Waals surface area contributed by atoms with Crippen molar-refractivity contribution in [3.05, 3.63) is 29.3 Å².